The highest BCUT2D eigenvalue weighted by Crippen LogP contribution is 2.28. The molecule has 0 amide bonds. The number of ether oxygens (including phenoxy) is 3. The van der Waals surface area contributed by atoms with E-state index in [2.05, 4.69) is 20.0 Å². The normalized spacial score (nSPS) is 11.5. The smallest absolute Gasteiger partial charge is 0.244 e. The third kappa shape index (κ3) is 4.85. The summed E-state index contributed by atoms with van der Waals surface area (Å²) in [7, 11) is -1.01. The molecule has 0 atom stereocenters. The Morgan fingerprint density at radius 1 is 1.03 bits per heavy atom. The minimum Gasteiger partial charge on any atom is -0.497 e. The molecule has 0 aliphatic heterocycles. The van der Waals surface area contributed by atoms with Gasteiger partial charge in [0.05, 0.1) is 19.2 Å². The van der Waals surface area contributed by atoms with Crippen LogP contribution in [0.2, 0.25) is 5.02 Å². The van der Waals surface area contributed by atoms with Gasteiger partial charge in [-0.25, -0.2) is 13.1 Å². The highest BCUT2D eigenvalue weighted by Gasteiger charge is 2.20. The van der Waals surface area contributed by atoms with Gasteiger partial charge in [0.1, 0.15) is 23.0 Å². The molecule has 0 radical (unpaired) electrons. The number of sulfonamides is 1. The molecule has 10 nitrogen and oxygen atoms in total. The molecule has 4 aromatic rings. The quantitative estimate of drug-likeness (QED) is 0.357. The van der Waals surface area contributed by atoms with Gasteiger partial charge in [-0.2, -0.15) is 4.52 Å². The number of hydrogen-bond donors (Lipinski definition) is 1. The molecule has 4 rings (SSSR count). The van der Waals surface area contributed by atoms with Crippen LogP contribution in [0.3, 0.4) is 0 Å². The minimum absolute atomic E-state index is 0.00195. The Morgan fingerprint density at radius 2 is 1.85 bits per heavy atom. The van der Waals surface area contributed by atoms with Gasteiger partial charge in [0.2, 0.25) is 15.9 Å². The molecule has 2 heterocycles. The largest absolute Gasteiger partial charge is 0.497 e. The van der Waals surface area contributed by atoms with Crippen LogP contribution in [0.4, 0.5) is 0 Å². The van der Waals surface area contributed by atoms with Gasteiger partial charge < -0.3 is 14.2 Å². The Kier molecular flexibility index (Phi) is 6.63. The monoisotopic (exact) mass is 489 g/mol. The standard InChI is InChI=1S/C21H20ClN5O5S/c1-30-14-7-8-17(31-2)18(13-14)33(28,29)23-11-12-32-20-10-9-19-24-25-21(27(19)26-20)15-5-3-4-6-16(15)22/h3-10,13,23H,11-12H2,1-2H3. The van der Waals surface area contributed by atoms with E-state index in [0.717, 1.165) is 0 Å². The Balaban J connectivity index is 1.46. The first-order chi connectivity index (χ1) is 15.9. The van der Waals surface area contributed by atoms with Gasteiger partial charge in [0.25, 0.3) is 0 Å². The lowest BCUT2D eigenvalue weighted by molar-refractivity contribution is 0.305. The van der Waals surface area contributed by atoms with Crippen LogP contribution in [0.15, 0.2) is 59.5 Å². The predicted octanol–water partition coefficient (Wildman–Crippen LogP) is 2.82. The van der Waals surface area contributed by atoms with Crippen LogP contribution in [-0.4, -0.2) is 55.6 Å². The van der Waals surface area contributed by atoms with E-state index in [1.807, 2.05) is 18.2 Å². The van der Waals surface area contributed by atoms with Crippen LogP contribution < -0.4 is 18.9 Å². The first kappa shape index (κ1) is 22.8. The van der Waals surface area contributed by atoms with E-state index in [0.29, 0.717) is 27.8 Å². The van der Waals surface area contributed by atoms with Crippen LogP contribution in [0, 0.1) is 0 Å². The summed E-state index contributed by atoms with van der Waals surface area (Å²) in [6.45, 7) is 0.0372. The first-order valence-corrected chi connectivity index (χ1v) is 11.6. The molecule has 1 N–H and O–H groups in total. The summed E-state index contributed by atoms with van der Waals surface area (Å²) in [6, 6.07) is 15.1. The fourth-order valence-electron chi connectivity index (χ4n) is 3.06. The minimum atomic E-state index is -3.86. The van der Waals surface area contributed by atoms with Gasteiger partial charge in [-0.15, -0.1) is 15.3 Å². The SMILES string of the molecule is COc1ccc(OC)c(S(=O)(=O)NCCOc2ccc3nnc(-c4ccccc4Cl)n3n2)c1. The van der Waals surface area contributed by atoms with Gasteiger partial charge in [-0.3, -0.25) is 0 Å². The van der Waals surface area contributed by atoms with Crippen molar-refractivity contribution in [1.29, 1.82) is 0 Å². The molecule has 0 saturated heterocycles. The second-order valence-corrected chi connectivity index (χ2v) is 8.85. The van der Waals surface area contributed by atoms with Gasteiger partial charge in [-0.05, 0) is 30.3 Å². The Hall–Kier alpha value is -3.41. The number of nitrogens with zero attached hydrogens (tertiary/aromatic N) is 4. The summed E-state index contributed by atoms with van der Waals surface area (Å²) >= 11 is 6.27. The zero-order valence-electron chi connectivity index (χ0n) is 17.7. The zero-order chi connectivity index (χ0) is 23.4. The van der Waals surface area contributed by atoms with Crippen LogP contribution in [0.25, 0.3) is 17.0 Å². The number of nitrogens with one attached hydrogen (secondary N) is 1. The lowest BCUT2D eigenvalue weighted by atomic mass is 10.2. The number of methoxy groups -OCH3 is 2. The summed E-state index contributed by atoms with van der Waals surface area (Å²) in [5.41, 5.74) is 1.19. The molecule has 0 aliphatic carbocycles. The number of hydrogen-bond acceptors (Lipinski definition) is 8. The summed E-state index contributed by atoms with van der Waals surface area (Å²) < 4.78 is 45.3. The van der Waals surface area contributed by atoms with Gasteiger partial charge in [0.15, 0.2) is 11.5 Å². The topological polar surface area (TPSA) is 117 Å². The molecule has 0 bridgehead atoms. The van der Waals surface area contributed by atoms with E-state index < -0.39 is 10.0 Å². The van der Waals surface area contributed by atoms with E-state index in [4.69, 9.17) is 25.8 Å². The fraction of sp³-hybridized carbons (Fsp3) is 0.190. The van der Waals surface area contributed by atoms with E-state index in [-0.39, 0.29) is 29.7 Å². The van der Waals surface area contributed by atoms with Crippen molar-refractivity contribution >= 4 is 27.3 Å². The van der Waals surface area contributed by atoms with Crippen molar-refractivity contribution in [3.05, 3.63) is 59.6 Å². The Morgan fingerprint density at radius 3 is 2.61 bits per heavy atom. The first-order valence-electron chi connectivity index (χ1n) is 9.75. The lowest BCUT2D eigenvalue weighted by Crippen LogP contribution is -2.28. The van der Waals surface area contributed by atoms with E-state index in [9.17, 15) is 8.42 Å². The third-order valence-electron chi connectivity index (χ3n) is 4.66. The third-order valence-corrected chi connectivity index (χ3v) is 6.47. The van der Waals surface area contributed by atoms with Crippen molar-refractivity contribution in [3.63, 3.8) is 0 Å². The van der Waals surface area contributed by atoms with E-state index in [1.54, 1.807) is 24.3 Å². The van der Waals surface area contributed by atoms with Crippen molar-refractivity contribution in [3.8, 4) is 28.8 Å². The van der Waals surface area contributed by atoms with Crippen molar-refractivity contribution in [2.24, 2.45) is 0 Å². The second-order valence-electron chi connectivity index (χ2n) is 6.71. The molecule has 0 fully saturated rings. The molecule has 12 heteroatoms. The maximum atomic E-state index is 12.7. The molecule has 0 saturated carbocycles. The van der Waals surface area contributed by atoms with E-state index in [1.165, 1.54) is 30.9 Å². The lowest BCUT2D eigenvalue weighted by Gasteiger charge is -2.12. The van der Waals surface area contributed by atoms with Crippen molar-refractivity contribution in [2.75, 3.05) is 27.4 Å². The molecule has 0 unspecified atom stereocenters. The van der Waals surface area contributed by atoms with Crippen LogP contribution in [0.1, 0.15) is 0 Å². The number of fused-ring (bicyclic) bond motifs is 1. The highest BCUT2D eigenvalue weighted by molar-refractivity contribution is 7.89. The molecule has 33 heavy (non-hydrogen) atoms. The predicted molar refractivity (Wildman–Crippen MR) is 121 cm³/mol. The van der Waals surface area contributed by atoms with Crippen molar-refractivity contribution in [1.82, 2.24) is 24.5 Å². The molecule has 0 spiro atoms. The number of benzene rings is 2. The van der Waals surface area contributed by atoms with Crippen LogP contribution in [-0.2, 0) is 10.0 Å². The van der Waals surface area contributed by atoms with E-state index >= 15 is 0 Å². The maximum Gasteiger partial charge on any atom is 0.244 e. The summed E-state index contributed by atoms with van der Waals surface area (Å²) in [5.74, 6) is 1.34. The summed E-state index contributed by atoms with van der Waals surface area (Å²) in [6.07, 6.45) is 0. The number of aromatic nitrogens is 4. The van der Waals surface area contributed by atoms with Gasteiger partial charge in [-0.1, -0.05) is 23.7 Å². The van der Waals surface area contributed by atoms with Gasteiger partial charge >= 0.3 is 0 Å². The van der Waals surface area contributed by atoms with Gasteiger partial charge in [0, 0.05) is 24.2 Å². The molecule has 172 valence electrons. The fourth-order valence-corrected chi connectivity index (χ4v) is 4.48. The number of halogens is 1. The second kappa shape index (κ2) is 9.61. The number of rotatable bonds is 9. The van der Waals surface area contributed by atoms with Crippen LogP contribution >= 0.6 is 11.6 Å². The average molecular weight is 490 g/mol. The van der Waals surface area contributed by atoms with Crippen LogP contribution in [0.5, 0.6) is 17.4 Å². The summed E-state index contributed by atoms with van der Waals surface area (Å²) in [4.78, 5) is -0.0298. The zero-order valence-corrected chi connectivity index (χ0v) is 19.3. The molecule has 2 aromatic carbocycles. The van der Waals surface area contributed by atoms with Crippen molar-refractivity contribution in [2.45, 2.75) is 4.90 Å². The maximum absolute atomic E-state index is 12.7. The Bertz CT molecular complexity index is 1390. The Labute approximate surface area is 195 Å². The molecular formula is C21H20ClN5O5S. The highest BCUT2D eigenvalue weighted by atomic mass is 35.5. The average Bonchev–Trinajstić information content (AvgIpc) is 3.25. The molecule has 0 aliphatic rings. The van der Waals surface area contributed by atoms with Crippen molar-refractivity contribution < 1.29 is 22.6 Å². The molecule has 2 aromatic heterocycles. The molecular weight excluding hydrogens is 470 g/mol. The summed E-state index contributed by atoms with van der Waals surface area (Å²) in [5, 5.41) is 13.2.